The lowest BCUT2D eigenvalue weighted by Gasteiger charge is -2.14. The van der Waals surface area contributed by atoms with Gasteiger partial charge in [0.25, 0.3) is 5.69 Å². The second-order valence-electron chi connectivity index (χ2n) is 3.64. The monoisotopic (exact) mass is 242 g/mol. The van der Waals surface area contributed by atoms with Crippen LogP contribution in [0, 0.1) is 17.0 Å². The Balaban J connectivity index is 2.87. The molecule has 1 N–H and O–H groups in total. The molecule has 1 heterocycles. The van der Waals surface area contributed by atoms with Gasteiger partial charge in [0.05, 0.1) is 16.1 Å². The molecule has 1 rings (SSSR count). The molecule has 5 nitrogen and oxygen atoms in total. The number of thioether (sulfide) groups is 1. The number of nitrogens with zero attached hydrogens (tertiary/aromatic N) is 2. The van der Waals surface area contributed by atoms with Gasteiger partial charge in [0, 0.05) is 11.3 Å². The van der Waals surface area contributed by atoms with Gasteiger partial charge in [-0.05, 0) is 19.4 Å². The molecule has 0 aliphatic carbocycles. The minimum absolute atomic E-state index is 0.00709. The molecule has 6 heteroatoms. The van der Waals surface area contributed by atoms with Crippen LogP contribution in [-0.2, 0) is 0 Å². The molecule has 2 atom stereocenters. The zero-order chi connectivity index (χ0) is 12.3. The number of aliphatic hydroxyl groups excluding tert-OH is 1. The molecule has 0 spiro atoms. The SMILES string of the molecule is Cc1cc([N+](=O)[O-])cnc1SC(C)C(C)O. The highest BCUT2D eigenvalue weighted by Crippen LogP contribution is 2.27. The van der Waals surface area contributed by atoms with Crippen LogP contribution in [-0.4, -0.2) is 26.4 Å². The second kappa shape index (κ2) is 5.27. The van der Waals surface area contributed by atoms with Crippen molar-refractivity contribution in [2.75, 3.05) is 0 Å². The molecule has 0 aliphatic heterocycles. The first-order valence-corrected chi connectivity index (χ1v) is 5.75. The summed E-state index contributed by atoms with van der Waals surface area (Å²) in [5.74, 6) is 0. The Kier molecular flexibility index (Phi) is 4.26. The van der Waals surface area contributed by atoms with Gasteiger partial charge in [0.1, 0.15) is 6.20 Å². The molecule has 0 saturated heterocycles. The van der Waals surface area contributed by atoms with Gasteiger partial charge in [-0.15, -0.1) is 11.8 Å². The zero-order valence-corrected chi connectivity index (χ0v) is 10.2. The number of rotatable bonds is 4. The third kappa shape index (κ3) is 3.18. The first-order chi connectivity index (χ1) is 7.41. The lowest BCUT2D eigenvalue weighted by Crippen LogP contribution is -2.15. The lowest BCUT2D eigenvalue weighted by atomic mass is 10.3. The fourth-order valence-corrected chi connectivity index (χ4v) is 1.95. The fourth-order valence-electron chi connectivity index (χ4n) is 1.05. The highest BCUT2D eigenvalue weighted by molar-refractivity contribution is 7.99. The van der Waals surface area contributed by atoms with E-state index in [0.29, 0.717) is 0 Å². The molecule has 2 unspecified atom stereocenters. The number of aryl methyl sites for hydroxylation is 1. The third-order valence-corrected chi connectivity index (χ3v) is 3.62. The van der Waals surface area contributed by atoms with Crippen molar-refractivity contribution in [1.29, 1.82) is 0 Å². The Hall–Kier alpha value is -1.14. The molecule has 1 aromatic heterocycles. The van der Waals surface area contributed by atoms with Crippen molar-refractivity contribution in [2.24, 2.45) is 0 Å². The van der Waals surface area contributed by atoms with Gasteiger partial charge in [-0.25, -0.2) is 4.98 Å². The van der Waals surface area contributed by atoms with Crippen LogP contribution in [0.3, 0.4) is 0 Å². The molecule has 0 amide bonds. The molecule has 1 aromatic rings. The average molecular weight is 242 g/mol. The Labute approximate surface area is 98.0 Å². The molecule has 0 aromatic carbocycles. The van der Waals surface area contributed by atoms with Gasteiger partial charge in [-0.2, -0.15) is 0 Å². The van der Waals surface area contributed by atoms with Crippen molar-refractivity contribution in [3.8, 4) is 0 Å². The molecule has 16 heavy (non-hydrogen) atoms. The van der Waals surface area contributed by atoms with Crippen molar-refractivity contribution in [3.63, 3.8) is 0 Å². The summed E-state index contributed by atoms with van der Waals surface area (Å²) in [6, 6.07) is 1.49. The van der Waals surface area contributed by atoms with E-state index in [2.05, 4.69) is 4.98 Å². The van der Waals surface area contributed by atoms with Crippen molar-refractivity contribution in [3.05, 3.63) is 27.9 Å². The molecular formula is C10H14N2O3S. The third-order valence-electron chi connectivity index (χ3n) is 2.20. The maximum absolute atomic E-state index is 10.5. The standard InChI is InChI=1S/C10H14N2O3S/c1-6-4-9(12(14)15)5-11-10(6)16-8(3)7(2)13/h4-5,7-8,13H,1-3H3. The van der Waals surface area contributed by atoms with Gasteiger partial charge in [-0.1, -0.05) is 6.92 Å². The van der Waals surface area contributed by atoms with Crippen LogP contribution in [0.1, 0.15) is 19.4 Å². The summed E-state index contributed by atoms with van der Waals surface area (Å²) in [5, 5.41) is 20.6. The number of hydrogen-bond acceptors (Lipinski definition) is 5. The average Bonchev–Trinajstić information content (AvgIpc) is 2.20. The fraction of sp³-hybridized carbons (Fsp3) is 0.500. The van der Waals surface area contributed by atoms with Crippen LogP contribution in [0.25, 0.3) is 0 Å². The first kappa shape index (κ1) is 12.9. The largest absolute Gasteiger partial charge is 0.392 e. The van der Waals surface area contributed by atoms with Crippen molar-refractivity contribution < 1.29 is 10.0 Å². The predicted molar refractivity (Wildman–Crippen MR) is 62.6 cm³/mol. The van der Waals surface area contributed by atoms with Crippen molar-refractivity contribution in [1.82, 2.24) is 4.98 Å². The van der Waals surface area contributed by atoms with E-state index in [9.17, 15) is 15.2 Å². The minimum Gasteiger partial charge on any atom is -0.392 e. The Morgan fingerprint density at radius 1 is 1.56 bits per heavy atom. The second-order valence-corrected chi connectivity index (χ2v) is 5.00. The van der Waals surface area contributed by atoms with Crippen molar-refractivity contribution >= 4 is 17.4 Å². The van der Waals surface area contributed by atoms with E-state index >= 15 is 0 Å². The molecule has 0 fully saturated rings. The maximum Gasteiger partial charge on any atom is 0.287 e. The Morgan fingerprint density at radius 2 is 2.19 bits per heavy atom. The van der Waals surface area contributed by atoms with E-state index in [1.54, 1.807) is 13.8 Å². The Morgan fingerprint density at radius 3 is 2.62 bits per heavy atom. The van der Waals surface area contributed by atoms with Gasteiger partial charge in [-0.3, -0.25) is 10.1 Å². The minimum atomic E-state index is -0.466. The van der Waals surface area contributed by atoms with Gasteiger partial charge >= 0.3 is 0 Å². The highest BCUT2D eigenvalue weighted by atomic mass is 32.2. The topological polar surface area (TPSA) is 76.3 Å². The van der Waals surface area contributed by atoms with E-state index in [0.717, 1.165) is 10.6 Å². The zero-order valence-electron chi connectivity index (χ0n) is 9.38. The summed E-state index contributed by atoms with van der Waals surface area (Å²) < 4.78 is 0. The summed E-state index contributed by atoms with van der Waals surface area (Å²) in [5.41, 5.74) is 0.748. The number of nitro groups is 1. The Bertz CT molecular complexity index is 396. The molecule has 0 saturated carbocycles. The van der Waals surface area contributed by atoms with E-state index < -0.39 is 11.0 Å². The van der Waals surface area contributed by atoms with Crippen LogP contribution in [0.2, 0.25) is 0 Å². The maximum atomic E-state index is 10.5. The van der Waals surface area contributed by atoms with E-state index in [-0.39, 0.29) is 10.9 Å². The molecule has 0 aliphatic rings. The summed E-state index contributed by atoms with van der Waals surface area (Å²) in [6.07, 6.45) is 0.797. The van der Waals surface area contributed by atoms with E-state index in [4.69, 9.17) is 0 Å². The number of aromatic nitrogens is 1. The summed E-state index contributed by atoms with van der Waals surface area (Å²) >= 11 is 1.41. The van der Waals surface area contributed by atoms with E-state index in [1.807, 2.05) is 6.92 Å². The summed E-state index contributed by atoms with van der Waals surface area (Å²) in [6.45, 7) is 5.37. The van der Waals surface area contributed by atoms with Gasteiger partial charge in [0.2, 0.25) is 0 Å². The number of aliphatic hydroxyl groups is 1. The number of hydrogen-bond donors (Lipinski definition) is 1. The van der Waals surface area contributed by atoms with Crippen LogP contribution < -0.4 is 0 Å². The quantitative estimate of drug-likeness (QED) is 0.497. The molecule has 0 radical (unpaired) electrons. The molecule has 88 valence electrons. The smallest absolute Gasteiger partial charge is 0.287 e. The molecule has 0 bridgehead atoms. The van der Waals surface area contributed by atoms with Gasteiger partial charge < -0.3 is 5.11 Å². The van der Waals surface area contributed by atoms with Gasteiger partial charge in [0.15, 0.2) is 0 Å². The van der Waals surface area contributed by atoms with Crippen LogP contribution in [0.4, 0.5) is 5.69 Å². The van der Waals surface area contributed by atoms with Crippen molar-refractivity contribution in [2.45, 2.75) is 37.2 Å². The van der Waals surface area contributed by atoms with E-state index in [1.165, 1.54) is 24.0 Å². The summed E-state index contributed by atoms with van der Waals surface area (Å²) in [7, 11) is 0. The summed E-state index contributed by atoms with van der Waals surface area (Å²) in [4.78, 5) is 14.1. The normalized spacial score (nSPS) is 14.5. The highest BCUT2D eigenvalue weighted by Gasteiger charge is 2.15. The first-order valence-electron chi connectivity index (χ1n) is 4.87. The van der Waals surface area contributed by atoms with Crippen LogP contribution >= 0.6 is 11.8 Å². The molecular weight excluding hydrogens is 228 g/mol. The number of pyridine rings is 1. The van der Waals surface area contributed by atoms with Crippen LogP contribution in [0.15, 0.2) is 17.3 Å². The lowest BCUT2D eigenvalue weighted by molar-refractivity contribution is -0.385. The van der Waals surface area contributed by atoms with Crippen LogP contribution in [0.5, 0.6) is 0 Å². The predicted octanol–water partition coefficient (Wildman–Crippen LogP) is 2.16.